The van der Waals surface area contributed by atoms with Gasteiger partial charge < -0.3 is 24.4 Å². The first-order valence-electron chi connectivity index (χ1n) is 9.03. The summed E-state index contributed by atoms with van der Waals surface area (Å²) in [5.41, 5.74) is 1.11. The summed E-state index contributed by atoms with van der Waals surface area (Å²) in [5.74, 6) is -1.99. The van der Waals surface area contributed by atoms with E-state index < -0.39 is 23.7 Å². The van der Waals surface area contributed by atoms with E-state index in [9.17, 15) is 18.8 Å². The first-order chi connectivity index (χ1) is 14.3. The Morgan fingerprint density at radius 3 is 2.30 bits per heavy atom. The van der Waals surface area contributed by atoms with Gasteiger partial charge in [0.2, 0.25) is 0 Å². The lowest BCUT2D eigenvalue weighted by Crippen LogP contribution is -3.08. The fraction of sp³-hybridized carbons (Fsp3) is 0.286. The highest BCUT2D eigenvalue weighted by atomic mass is 19.1. The molecule has 2 rings (SSSR count). The van der Waals surface area contributed by atoms with E-state index in [2.05, 4.69) is 10.1 Å². The Labute approximate surface area is 173 Å². The van der Waals surface area contributed by atoms with Crippen LogP contribution in [-0.2, 0) is 20.8 Å². The number of hydrogen-bond donors (Lipinski definition) is 2. The van der Waals surface area contributed by atoms with Gasteiger partial charge in [-0.25, -0.2) is 14.0 Å². The average Bonchev–Trinajstić information content (AvgIpc) is 2.72. The van der Waals surface area contributed by atoms with E-state index in [0.29, 0.717) is 12.1 Å². The quantitative estimate of drug-likeness (QED) is 0.622. The fourth-order valence-electron chi connectivity index (χ4n) is 2.88. The SMILES string of the molecule is COC(=O)c1ccc(C(=O)OC)c(NC(=O)C[NH+](C)Cc2ccc(OC)c(F)c2)c1. The summed E-state index contributed by atoms with van der Waals surface area (Å²) in [6, 6.07) is 8.74. The maximum absolute atomic E-state index is 13.8. The first kappa shape index (κ1) is 22.8. The standard InChI is InChI=1S/C21H23FN2O6/c1-24(11-13-5-8-18(28-2)16(22)9-13)12-19(25)23-17-10-14(20(26)29-3)6-7-15(17)21(27)30-4/h5-10H,11-12H2,1-4H3,(H,23,25)/p+1. The summed E-state index contributed by atoms with van der Waals surface area (Å²) >= 11 is 0. The van der Waals surface area contributed by atoms with Crippen LogP contribution in [0.4, 0.5) is 10.1 Å². The van der Waals surface area contributed by atoms with E-state index in [4.69, 9.17) is 9.47 Å². The van der Waals surface area contributed by atoms with Crippen molar-refractivity contribution in [2.75, 3.05) is 40.2 Å². The maximum atomic E-state index is 13.8. The molecule has 0 aromatic heterocycles. The number of halogens is 1. The number of quaternary nitrogens is 1. The van der Waals surface area contributed by atoms with Crippen LogP contribution in [-0.4, -0.2) is 52.8 Å². The Bertz CT molecular complexity index is 947. The highest BCUT2D eigenvalue weighted by molar-refractivity contribution is 6.03. The predicted octanol–water partition coefficient (Wildman–Crippen LogP) is 1.06. The monoisotopic (exact) mass is 419 g/mol. The number of benzene rings is 2. The number of esters is 2. The number of nitrogens with one attached hydrogen (secondary N) is 2. The molecule has 1 unspecified atom stereocenters. The zero-order valence-corrected chi connectivity index (χ0v) is 17.2. The first-order valence-corrected chi connectivity index (χ1v) is 9.03. The molecule has 160 valence electrons. The maximum Gasteiger partial charge on any atom is 0.339 e. The van der Waals surface area contributed by atoms with Crippen molar-refractivity contribution in [3.8, 4) is 5.75 Å². The minimum atomic E-state index is -0.656. The molecule has 0 spiro atoms. The van der Waals surface area contributed by atoms with Crippen molar-refractivity contribution in [2.24, 2.45) is 0 Å². The summed E-state index contributed by atoms with van der Waals surface area (Å²) in [6.45, 7) is 0.428. The van der Waals surface area contributed by atoms with Gasteiger partial charge in [0.25, 0.3) is 5.91 Å². The molecule has 9 heteroatoms. The number of rotatable bonds is 8. The Morgan fingerprint density at radius 1 is 1.00 bits per heavy atom. The van der Waals surface area contributed by atoms with Gasteiger partial charge in [-0.2, -0.15) is 0 Å². The van der Waals surface area contributed by atoms with E-state index in [1.165, 1.54) is 51.7 Å². The van der Waals surface area contributed by atoms with E-state index in [-0.39, 0.29) is 29.1 Å². The molecular weight excluding hydrogens is 395 g/mol. The van der Waals surface area contributed by atoms with Crippen molar-refractivity contribution in [2.45, 2.75) is 6.54 Å². The summed E-state index contributed by atoms with van der Waals surface area (Å²) < 4.78 is 28.1. The fourth-order valence-corrected chi connectivity index (χ4v) is 2.88. The topological polar surface area (TPSA) is 95.4 Å². The Hall–Kier alpha value is -3.46. The number of ether oxygens (including phenoxy) is 3. The van der Waals surface area contributed by atoms with E-state index in [1.807, 2.05) is 0 Å². The van der Waals surface area contributed by atoms with Crippen LogP contribution < -0.4 is 15.0 Å². The molecule has 2 aromatic carbocycles. The highest BCUT2D eigenvalue weighted by Crippen LogP contribution is 2.20. The van der Waals surface area contributed by atoms with E-state index in [0.717, 1.165) is 4.90 Å². The number of likely N-dealkylation sites (N-methyl/N-ethyl adjacent to an activating group) is 1. The number of amides is 1. The molecule has 0 aliphatic carbocycles. The number of methoxy groups -OCH3 is 3. The van der Waals surface area contributed by atoms with Crippen molar-refractivity contribution in [3.05, 3.63) is 58.9 Å². The molecule has 0 radical (unpaired) electrons. The van der Waals surface area contributed by atoms with Crippen LogP contribution in [0.2, 0.25) is 0 Å². The normalized spacial score (nSPS) is 11.4. The Kier molecular flexibility index (Phi) is 7.88. The molecule has 30 heavy (non-hydrogen) atoms. The number of carbonyl (C=O) groups is 3. The van der Waals surface area contributed by atoms with Crippen LogP contribution in [0, 0.1) is 5.82 Å². The lowest BCUT2D eigenvalue weighted by molar-refractivity contribution is -0.885. The third kappa shape index (κ3) is 5.77. The molecule has 1 amide bonds. The van der Waals surface area contributed by atoms with Gasteiger partial charge in [-0.3, -0.25) is 4.79 Å². The van der Waals surface area contributed by atoms with Gasteiger partial charge in [-0.05, 0) is 36.4 Å². The molecule has 0 aliphatic rings. The van der Waals surface area contributed by atoms with Gasteiger partial charge in [0, 0.05) is 5.56 Å². The van der Waals surface area contributed by atoms with Gasteiger partial charge in [0.15, 0.2) is 18.1 Å². The minimum Gasteiger partial charge on any atom is -0.494 e. The van der Waals surface area contributed by atoms with Crippen LogP contribution >= 0.6 is 0 Å². The lowest BCUT2D eigenvalue weighted by atomic mass is 10.1. The van der Waals surface area contributed by atoms with Crippen LogP contribution in [0.5, 0.6) is 5.75 Å². The lowest BCUT2D eigenvalue weighted by Gasteiger charge is -2.16. The number of anilines is 1. The molecule has 0 heterocycles. The molecular formula is C21H24FN2O6+. The van der Waals surface area contributed by atoms with Crippen molar-refractivity contribution in [1.82, 2.24) is 0 Å². The number of hydrogen-bond acceptors (Lipinski definition) is 6. The molecule has 0 bridgehead atoms. The van der Waals surface area contributed by atoms with Crippen LogP contribution in [0.25, 0.3) is 0 Å². The zero-order valence-electron chi connectivity index (χ0n) is 17.2. The second kappa shape index (κ2) is 10.4. The molecule has 8 nitrogen and oxygen atoms in total. The van der Waals surface area contributed by atoms with Gasteiger partial charge in [-0.1, -0.05) is 0 Å². The molecule has 2 aromatic rings. The van der Waals surface area contributed by atoms with Crippen molar-refractivity contribution in [3.63, 3.8) is 0 Å². The van der Waals surface area contributed by atoms with Gasteiger partial charge in [-0.15, -0.1) is 0 Å². The molecule has 0 aliphatic heterocycles. The smallest absolute Gasteiger partial charge is 0.339 e. The third-order valence-electron chi connectivity index (χ3n) is 4.30. The van der Waals surface area contributed by atoms with E-state index >= 15 is 0 Å². The molecule has 2 N–H and O–H groups in total. The molecule has 0 saturated carbocycles. The van der Waals surface area contributed by atoms with Gasteiger partial charge in [0.1, 0.15) is 6.54 Å². The van der Waals surface area contributed by atoms with Gasteiger partial charge >= 0.3 is 11.9 Å². The molecule has 1 atom stereocenters. The Balaban J connectivity index is 2.11. The van der Waals surface area contributed by atoms with Crippen molar-refractivity contribution < 1.29 is 37.9 Å². The van der Waals surface area contributed by atoms with Crippen LogP contribution in [0.1, 0.15) is 26.3 Å². The second-order valence-corrected chi connectivity index (χ2v) is 6.57. The summed E-state index contributed by atoms with van der Waals surface area (Å²) in [7, 11) is 5.61. The van der Waals surface area contributed by atoms with Crippen LogP contribution in [0.15, 0.2) is 36.4 Å². The van der Waals surface area contributed by atoms with Gasteiger partial charge in [0.05, 0.1) is 45.2 Å². The summed E-state index contributed by atoms with van der Waals surface area (Å²) in [6.07, 6.45) is 0. The highest BCUT2D eigenvalue weighted by Gasteiger charge is 2.19. The molecule has 0 fully saturated rings. The van der Waals surface area contributed by atoms with Crippen molar-refractivity contribution >= 4 is 23.5 Å². The average molecular weight is 419 g/mol. The molecule has 0 saturated heterocycles. The minimum absolute atomic E-state index is 0.0384. The Morgan fingerprint density at radius 2 is 1.70 bits per heavy atom. The summed E-state index contributed by atoms with van der Waals surface area (Å²) in [4.78, 5) is 37.0. The van der Waals surface area contributed by atoms with E-state index in [1.54, 1.807) is 13.1 Å². The third-order valence-corrected chi connectivity index (χ3v) is 4.30. The zero-order chi connectivity index (χ0) is 22.3. The van der Waals surface area contributed by atoms with Crippen molar-refractivity contribution in [1.29, 1.82) is 0 Å². The summed E-state index contributed by atoms with van der Waals surface area (Å²) in [5, 5.41) is 2.63. The number of carbonyl (C=O) groups excluding carboxylic acids is 3. The predicted molar refractivity (Wildman–Crippen MR) is 106 cm³/mol. The largest absolute Gasteiger partial charge is 0.494 e. The second-order valence-electron chi connectivity index (χ2n) is 6.57. The van der Waals surface area contributed by atoms with Crippen LogP contribution in [0.3, 0.4) is 0 Å².